The van der Waals surface area contributed by atoms with Crippen molar-refractivity contribution in [3.63, 3.8) is 0 Å². The Morgan fingerprint density at radius 2 is 2.27 bits per heavy atom. The molecule has 0 aromatic carbocycles. The molecule has 2 N–H and O–H groups in total. The summed E-state index contributed by atoms with van der Waals surface area (Å²) in [4.78, 5) is 10.4. The van der Waals surface area contributed by atoms with Crippen molar-refractivity contribution >= 4 is 5.97 Å². The van der Waals surface area contributed by atoms with E-state index in [0.717, 1.165) is 6.20 Å². The predicted octanol–water partition coefficient (Wildman–Crippen LogP) is 1.02. The van der Waals surface area contributed by atoms with Crippen LogP contribution in [0.4, 0.5) is 13.2 Å². The van der Waals surface area contributed by atoms with Crippen LogP contribution in [-0.2, 0) is 9.53 Å². The molecule has 0 aliphatic carbocycles. The summed E-state index contributed by atoms with van der Waals surface area (Å²) in [6.45, 7) is -1.38. The molecule has 7 heteroatoms. The second-order valence-corrected chi connectivity index (χ2v) is 2.78. The number of ether oxygens (including phenoxy) is 1. The lowest BCUT2D eigenvalue weighted by atomic mass is 10.2. The van der Waals surface area contributed by atoms with Gasteiger partial charge in [0, 0.05) is 6.20 Å². The van der Waals surface area contributed by atoms with E-state index in [9.17, 15) is 18.0 Å². The number of hydrogen-bond donors (Lipinski definition) is 2. The Bertz CT molecular complexity index is 309. The Hall–Kier alpha value is -1.50. The van der Waals surface area contributed by atoms with Gasteiger partial charge in [-0.2, -0.15) is 13.2 Å². The van der Waals surface area contributed by atoms with Crippen LogP contribution in [0.1, 0.15) is 0 Å². The van der Waals surface area contributed by atoms with Crippen LogP contribution in [0, 0.1) is 0 Å². The summed E-state index contributed by atoms with van der Waals surface area (Å²) in [5, 5.41) is 10.9. The SMILES string of the molecule is O=C(O)C1=CNC(OCC(F)(F)F)C=C1. The zero-order chi connectivity index (χ0) is 11.5. The van der Waals surface area contributed by atoms with Crippen molar-refractivity contribution < 1.29 is 27.8 Å². The van der Waals surface area contributed by atoms with Crippen LogP contribution in [-0.4, -0.2) is 30.1 Å². The quantitative estimate of drug-likeness (QED) is 0.749. The molecule has 0 spiro atoms. The van der Waals surface area contributed by atoms with Gasteiger partial charge in [-0.1, -0.05) is 0 Å². The topological polar surface area (TPSA) is 58.6 Å². The van der Waals surface area contributed by atoms with Crippen molar-refractivity contribution in [2.75, 3.05) is 6.61 Å². The summed E-state index contributed by atoms with van der Waals surface area (Å²) >= 11 is 0. The molecule has 1 atom stereocenters. The van der Waals surface area contributed by atoms with Crippen LogP contribution in [0.2, 0.25) is 0 Å². The summed E-state index contributed by atoms with van der Waals surface area (Å²) < 4.78 is 39.6. The maximum absolute atomic E-state index is 11.7. The Balaban J connectivity index is 2.40. The van der Waals surface area contributed by atoms with Gasteiger partial charge in [0.25, 0.3) is 0 Å². The van der Waals surface area contributed by atoms with Gasteiger partial charge in [-0.15, -0.1) is 0 Å². The normalized spacial score (nSPS) is 20.7. The zero-order valence-corrected chi connectivity index (χ0v) is 7.41. The second kappa shape index (κ2) is 4.35. The lowest BCUT2D eigenvalue weighted by molar-refractivity contribution is -0.182. The zero-order valence-electron chi connectivity index (χ0n) is 7.41. The fourth-order valence-electron chi connectivity index (χ4n) is 0.888. The van der Waals surface area contributed by atoms with Crippen molar-refractivity contribution in [3.05, 3.63) is 23.9 Å². The second-order valence-electron chi connectivity index (χ2n) is 2.78. The first-order valence-corrected chi connectivity index (χ1v) is 3.94. The van der Waals surface area contributed by atoms with E-state index in [4.69, 9.17) is 5.11 Å². The van der Waals surface area contributed by atoms with Gasteiger partial charge in [-0.05, 0) is 12.2 Å². The average molecular weight is 223 g/mol. The standard InChI is InChI=1S/C8H8F3NO3/c9-8(10,11)4-15-6-2-1-5(3-12-6)7(13)14/h1-3,6,12H,4H2,(H,13,14). The molecule has 0 aromatic rings. The van der Waals surface area contributed by atoms with Crippen LogP contribution < -0.4 is 5.32 Å². The summed E-state index contributed by atoms with van der Waals surface area (Å²) in [6.07, 6.45) is -1.88. The Labute approximate surface area is 83.0 Å². The van der Waals surface area contributed by atoms with Crippen LogP contribution in [0.25, 0.3) is 0 Å². The Morgan fingerprint density at radius 3 is 2.67 bits per heavy atom. The van der Waals surface area contributed by atoms with Crippen LogP contribution in [0.3, 0.4) is 0 Å². The molecule has 0 aromatic heterocycles. The van der Waals surface area contributed by atoms with E-state index in [2.05, 4.69) is 10.1 Å². The highest BCUT2D eigenvalue weighted by molar-refractivity contribution is 5.89. The lowest BCUT2D eigenvalue weighted by Gasteiger charge is -2.18. The fourth-order valence-corrected chi connectivity index (χ4v) is 0.888. The van der Waals surface area contributed by atoms with E-state index in [-0.39, 0.29) is 5.57 Å². The van der Waals surface area contributed by atoms with E-state index >= 15 is 0 Å². The molecular formula is C8H8F3NO3. The molecule has 0 fully saturated rings. The van der Waals surface area contributed by atoms with Crippen molar-refractivity contribution in [1.82, 2.24) is 5.32 Å². The van der Waals surface area contributed by atoms with Gasteiger partial charge >= 0.3 is 12.1 Å². The number of aliphatic carboxylic acids is 1. The molecule has 84 valence electrons. The molecule has 1 rings (SSSR count). The first-order chi connectivity index (χ1) is 6.88. The Morgan fingerprint density at radius 1 is 1.60 bits per heavy atom. The number of alkyl halides is 3. The van der Waals surface area contributed by atoms with E-state index in [1.165, 1.54) is 12.2 Å². The molecule has 1 unspecified atom stereocenters. The number of nitrogens with one attached hydrogen (secondary N) is 1. The molecule has 0 saturated carbocycles. The van der Waals surface area contributed by atoms with Crippen molar-refractivity contribution in [2.45, 2.75) is 12.4 Å². The summed E-state index contributed by atoms with van der Waals surface area (Å²) in [5.74, 6) is -1.16. The van der Waals surface area contributed by atoms with Crippen LogP contribution in [0.5, 0.6) is 0 Å². The smallest absolute Gasteiger partial charge is 0.411 e. The van der Waals surface area contributed by atoms with Gasteiger partial charge in [0.2, 0.25) is 0 Å². The monoisotopic (exact) mass is 223 g/mol. The first-order valence-electron chi connectivity index (χ1n) is 3.94. The predicted molar refractivity (Wildman–Crippen MR) is 43.8 cm³/mol. The molecular weight excluding hydrogens is 215 g/mol. The molecule has 4 nitrogen and oxygen atoms in total. The van der Waals surface area contributed by atoms with Gasteiger partial charge in [-0.25, -0.2) is 4.79 Å². The van der Waals surface area contributed by atoms with Crippen LogP contribution in [0.15, 0.2) is 23.9 Å². The van der Waals surface area contributed by atoms with E-state index < -0.39 is 25.0 Å². The number of carbonyl (C=O) groups is 1. The van der Waals surface area contributed by atoms with Gasteiger partial charge in [0.1, 0.15) is 12.8 Å². The van der Waals surface area contributed by atoms with E-state index in [0.29, 0.717) is 0 Å². The van der Waals surface area contributed by atoms with Crippen molar-refractivity contribution in [2.24, 2.45) is 0 Å². The molecule has 0 radical (unpaired) electrons. The molecule has 1 aliphatic heterocycles. The first kappa shape index (κ1) is 11.6. The van der Waals surface area contributed by atoms with Crippen molar-refractivity contribution in [3.8, 4) is 0 Å². The number of carboxylic acids is 1. The number of halogens is 3. The largest absolute Gasteiger partial charge is 0.478 e. The maximum Gasteiger partial charge on any atom is 0.411 e. The van der Waals surface area contributed by atoms with Gasteiger partial charge < -0.3 is 15.2 Å². The third-order valence-electron chi connectivity index (χ3n) is 1.53. The Kier molecular flexibility index (Phi) is 3.35. The number of rotatable bonds is 3. The highest BCUT2D eigenvalue weighted by atomic mass is 19.4. The lowest BCUT2D eigenvalue weighted by Crippen LogP contribution is -2.32. The summed E-state index contributed by atoms with van der Waals surface area (Å²) in [7, 11) is 0. The van der Waals surface area contributed by atoms with Gasteiger partial charge in [-0.3, -0.25) is 0 Å². The van der Waals surface area contributed by atoms with Gasteiger partial charge in [0.05, 0.1) is 5.57 Å². The molecule has 15 heavy (non-hydrogen) atoms. The highest BCUT2D eigenvalue weighted by Gasteiger charge is 2.29. The van der Waals surface area contributed by atoms with Crippen LogP contribution >= 0.6 is 0 Å². The van der Waals surface area contributed by atoms with Gasteiger partial charge in [0.15, 0.2) is 0 Å². The molecule has 0 saturated heterocycles. The minimum atomic E-state index is -4.40. The average Bonchev–Trinajstić information content (AvgIpc) is 2.14. The highest BCUT2D eigenvalue weighted by Crippen LogP contribution is 2.16. The summed E-state index contributed by atoms with van der Waals surface area (Å²) in [6, 6.07) is 0. The third kappa shape index (κ3) is 4.03. The third-order valence-corrected chi connectivity index (χ3v) is 1.53. The molecule has 0 bridgehead atoms. The molecule has 0 amide bonds. The fraction of sp³-hybridized carbons (Fsp3) is 0.375. The number of hydrogen-bond acceptors (Lipinski definition) is 3. The van der Waals surface area contributed by atoms with E-state index in [1.54, 1.807) is 0 Å². The van der Waals surface area contributed by atoms with E-state index in [1.807, 2.05) is 0 Å². The molecule has 1 aliphatic rings. The molecule has 1 heterocycles. The number of carboxylic acid groups (broad SMARTS) is 1. The van der Waals surface area contributed by atoms with Crippen molar-refractivity contribution in [1.29, 1.82) is 0 Å². The minimum Gasteiger partial charge on any atom is -0.478 e. The number of dihydropyridines is 1. The maximum atomic E-state index is 11.7. The minimum absolute atomic E-state index is 0.0399. The summed E-state index contributed by atoms with van der Waals surface area (Å²) in [5.41, 5.74) is -0.0399.